The van der Waals surface area contributed by atoms with Crippen LogP contribution in [0.1, 0.15) is 5.56 Å². The lowest BCUT2D eigenvalue weighted by atomic mass is 10.2. The summed E-state index contributed by atoms with van der Waals surface area (Å²) in [6, 6.07) is 16.8. The Bertz CT molecular complexity index is 612. The third-order valence-electron chi connectivity index (χ3n) is 2.51. The third kappa shape index (κ3) is 4.05. The van der Waals surface area contributed by atoms with E-state index in [9.17, 15) is 0 Å². The van der Waals surface area contributed by atoms with Gasteiger partial charge in [0.15, 0.2) is 0 Å². The third-order valence-corrected chi connectivity index (χ3v) is 2.96. The fourth-order valence-corrected chi connectivity index (χ4v) is 1.91. The van der Waals surface area contributed by atoms with E-state index in [2.05, 4.69) is 10.3 Å². The van der Waals surface area contributed by atoms with Crippen LogP contribution in [0.5, 0.6) is 0 Å². The average molecular weight is 305 g/mol. The van der Waals surface area contributed by atoms with Crippen molar-refractivity contribution in [1.29, 1.82) is 0 Å². The number of hydrogen-bond acceptors (Lipinski definition) is 2. The molecule has 0 aliphatic heterocycles. The predicted octanol–water partition coefficient (Wildman–Crippen LogP) is 4.13. The molecule has 20 heavy (non-hydrogen) atoms. The van der Waals surface area contributed by atoms with Crippen LogP contribution >= 0.6 is 23.8 Å². The number of hydrogen-bond donors (Lipinski definition) is 1. The fraction of sp³-hybridized carbons (Fsp3) is 0.0667. The van der Waals surface area contributed by atoms with E-state index in [-0.39, 0.29) is 0 Å². The van der Waals surface area contributed by atoms with Crippen molar-refractivity contribution in [2.45, 2.75) is 0 Å². The number of benzene rings is 2. The molecule has 0 saturated carbocycles. The molecule has 0 aliphatic carbocycles. The topological polar surface area (TPSA) is 33.6 Å². The van der Waals surface area contributed by atoms with Gasteiger partial charge in [0.25, 0.3) is 0 Å². The first kappa shape index (κ1) is 14.5. The Kier molecular flexibility index (Phi) is 5.09. The zero-order valence-corrected chi connectivity index (χ0v) is 12.4. The monoisotopic (exact) mass is 304 g/mol. The molecule has 0 heterocycles. The van der Waals surface area contributed by atoms with Crippen molar-refractivity contribution in [3.63, 3.8) is 0 Å². The van der Waals surface area contributed by atoms with E-state index in [1.165, 1.54) is 0 Å². The first-order valence-corrected chi connectivity index (χ1v) is 6.72. The number of rotatable bonds is 2. The standard InChI is InChI=1S/C15H13ClN2OS/c1-19-14(11-5-3-2-4-6-11)18-15(20)17-13-9-7-12(16)8-10-13/h2-10H,1H3,(H,17,20)/b18-14+. The van der Waals surface area contributed by atoms with Gasteiger partial charge in [0.1, 0.15) is 0 Å². The Labute approximate surface area is 128 Å². The van der Waals surface area contributed by atoms with Gasteiger partial charge in [0.2, 0.25) is 11.0 Å². The van der Waals surface area contributed by atoms with Gasteiger partial charge in [-0.2, -0.15) is 4.99 Å². The van der Waals surface area contributed by atoms with Crippen molar-refractivity contribution in [3.05, 3.63) is 65.2 Å². The van der Waals surface area contributed by atoms with Gasteiger partial charge in [-0.25, -0.2) is 0 Å². The van der Waals surface area contributed by atoms with Crippen LogP contribution in [0, 0.1) is 0 Å². The Morgan fingerprint density at radius 1 is 1.10 bits per heavy atom. The second-order valence-corrected chi connectivity index (χ2v) is 4.75. The number of nitrogens with zero attached hydrogens (tertiary/aromatic N) is 1. The highest BCUT2D eigenvalue weighted by Crippen LogP contribution is 2.13. The molecule has 0 spiro atoms. The summed E-state index contributed by atoms with van der Waals surface area (Å²) in [5.74, 6) is 0.470. The van der Waals surface area contributed by atoms with Crippen LogP contribution in [-0.2, 0) is 4.74 Å². The van der Waals surface area contributed by atoms with Crippen molar-refractivity contribution >= 4 is 40.5 Å². The number of nitrogens with one attached hydrogen (secondary N) is 1. The van der Waals surface area contributed by atoms with Gasteiger partial charge in [-0.1, -0.05) is 29.8 Å². The first-order valence-electron chi connectivity index (χ1n) is 5.93. The maximum Gasteiger partial charge on any atom is 0.223 e. The van der Waals surface area contributed by atoms with Crippen LogP contribution in [-0.4, -0.2) is 18.1 Å². The van der Waals surface area contributed by atoms with Crippen LogP contribution in [0.25, 0.3) is 0 Å². The lowest BCUT2D eigenvalue weighted by Crippen LogP contribution is -2.12. The molecule has 5 heteroatoms. The van der Waals surface area contributed by atoms with Crippen molar-refractivity contribution < 1.29 is 4.74 Å². The smallest absolute Gasteiger partial charge is 0.223 e. The molecule has 0 radical (unpaired) electrons. The molecule has 2 aromatic carbocycles. The van der Waals surface area contributed by atoms with Crippen LogP contribution < -0.4 is 5.32 Å². The minimum Gasteiger partial charge on any atom is -0.480 e. The normalized spacial score (nSPS) is 11.0. The van der Waals surface area contributed by atoms with Gasteiger partial charge in [0, 0.05) is 16.3 Å². The highest BCUT2D eigenvalue weighted by atomic mass is 35.5. The van der Waals surface area contributed by atoms with Crippen molar-refractivity contribution in [1.82, 2.24) is 0 Å². The Morgan fingerprint density at radius 2 is 1.75 bits per heavy atom. The molecule has 0 bridgehead atoms. The van der Waals surface area contributed by atoms with Gasteiger partial charge in [-0.15, -0.1) is 0 Å². The summed E-state index contributed by atoms with van der Waals surface area (Å²) in [6.45, 7) is 0. The first-order chi connectivity index (χ1) is 9.69. The van der Waals surface area contributed by atoms with Crippen molar-refractivity contribution in [3.8, 4) is 0 Å². The quantitative estimate of drug-likeness (QED) is 0.514. The summed E-state index contributed by atoms with van der Waals surface area (Å²) >= 11 is 11.0. The van der Waals surface area contributed by atoms with E-state index < -0.39 is 0 Å². The summed E-state index contributed by atoms with van der Waals surface area (Å²) < 4.78 is 5.27. The number of anilines is 1. The van der Waals surface area contributed by atoms with Gasteiger partial charge in [0.05, 0.1) is 7.11 Å². The van der Waals surface area contributed by atoms with E-state index in [4.69, 9.17) is 28.6 Å². The fourth-order valence-electron chi connectivity index (χ4n) is 1.59. The van der Waals surface area contributed by atoms with Crippen molar-refractivity contribution in [2.24, 2.45) is 4.99 Å². The molecule has 0 fully saturated rings. The largest absolute Gasteiger partial charge is 0.480 e. The highest BCUT2D eigenvalue weighted by Gasteiger charge is 2.04. The molecule has 2 aromatic rings. The number of aliphatic imine (C=N–C) groups is 1. The molecule has 0 atom stereocenters. The van der Waals surface area contributed by atoms with Crippen molar-refractivity contribution in [2.75, 3.05) is 12.4 Å². The van der Waals surface area contributed by atoms with Crippen LogP contribution in [0.3, 0.4) is 0 Å². The van der Waals surface area contributed by atoms with Gasteiger partial charge < -0.3 is 10.1 Å². The Hall–Kier alpha value is -1.91. The second kappa shape index (κ2) is 7.03. The van der Waals surface area contributed by atoms with E-state index in [0.717, 1.165) is 11.3 Å². The number of halogens is 1. The van der Waals surface area contributed by atoms with E-state index in [0.29, 0.717) is 16.0 Å². The molecule has 0 unspecified atom stereocenters. The summed E-state index contributed by atoms with van der Waals surface area (Å²) in [6.07, 6.45) is 0. The Morgan fingerprint density at radius 3 is 2.35 bits per heavy atom. The van der Waals surface area contributed by atoms with E-state index >= 15 is 0 Å². The lowest BCUT2D eigenvalue weighted by molar-refractivity contribution is 0.405. The molecule has 102 valence electrons. The number of thiocarbonyl (C=S) groups is 1. The van der Waals surface area contributed by atoms with E-state index in [1.807, 2.05) is 42.5 Å². The molecule has 2 rings (SSSR count). The van der Waals surface area contributed by atoms with E-state index in [1.54, 1.807) is 19.2 Å². The van der Waals surface area contributed by atoms with Gasteiger partial charge in [-0.05, 0) is 48.6 Å². The SMILES string of the molecule is CO/C(=N/C(=S)Nc1ccc(Cl)cc1)c1ccccc1. The maximum absolute atomic E-state index is 5.83. The van der Waals surface area contributed by atoms with Gasteiger partial charge >= 0.3 is 0 Å². The number of methoxy groups -OCH3 is 1. The average Bonchev–Trinajstić information content (AvgIpc) is 2.48. The predicted molar refractivity (Wildman–Crippen MR) is 87.7 cm³/mol. The zero-order valence-electron chi connectivity index (χ0n) is 10.8. The number of ether oxygens (including phenoxy) is 1. The zero-order chi connectivity index (χ0) is 14.4. The minimum absolute atomic E-state index is 0.327. The minimum atomic E-state index is 0.327. The molecule has 0 amide bonds. The molecular formula is C15H13ClN2OS. The molecule has 1 N–H and O–H groups in total. The molecule has 3 nitrogen and oxygen atoms in total. The van der Waals surface area contributed by atoms with Crippen LogP contribution in [0.4, 0.5) is 5.69 Å². The molecule has 0 saturated heterocycles. The summed E-state index contributed by atoms with van der Waals surface area (Å²) in [7, 11) is 1.57. The second-order valence-electron chi connectivity index (χ2n) is 3.92. The molecular weight excluding hydrogens is 292 g/mol. The summed E-state index contributed by atoms with van der Waals surface area (Å²) in [5.41, 5.74) is 1.70. The van der Waals surface area contributed by atoms with Gasteiger partial charge in [-0.3, -0.25) is 0 Å². The van der Waals surface area contributed by atoms with Crippen LogP contribution in [0.15, 0.2) is 59.6 Å². The highest BCUT2D eigenvalue weighted by molar-refractivity contribution is 7.80. The Balaban J connectivity index is 2.12. The summed E-state index contributed by atoms with van der Waals surface area (Å²) in [5, 5.41) is 4.01. The lowest BCUT2D eigenvalue weighted by Gasteiger charge is -2.07. The molecule has 0 aromatic heterocycles. The summed E-state index contributed by atoms with van der Waals surface area (Å²) in [4.78, 5) is 4.26. The maximum atomic E-state index is 5.83. The van der Waals surface area contributed by atoms with Crippen LogP contribution in [0.2, 0.25) is 5.02 Å². The molecule has 0 aliphatic rings.